The van der Waals surface area contributed by atoms with Gasteiger partial charge in [-0.05, 0) is 23.6 Å². The van der Waals surface area contributed by atoms with Crippen molar-refractivity contribution in [3.05, 3.63) is 76.1 Å². The van der Waals surface area contributed by atoms with Crippen molar-refractivity contribution in [1.29, 1.82) is 0 Å². The van der Waals surface area contributed by atoms with E-state index >= 15 is 0 Å². The summed E-state index contributed by atoms with van der Waals surface area (Å²) in [6.07, 6.45) is 0.275. The molecule has 134 valence electrons. The largest absolute Gasteiger partial charge is 0.497 e. The van der Waals surface area contributed by atoms with E-state index < -0.39 is 5.63 Å². The van der Waals surface area contributed by atoms with Crippen molar-refractivity contribution in [1.82, 2.24) is 0 Å². The van der Waals surface area contributed by atoms with Crippen molar-refractivity contribution in [3.8, 4) is 5.75 Å². The summed E-state index contributed by atoms with van der Waals surface area (Å²) in [5.74, 6) is 0.341. The minimum atomic E-state index is -0.491. The monoisotopic (exact) mass is 352 g/mol. The molecule has 0 unspecified atom stereocenters. The van der Waals surface area contributed by atoms with Gasteiger partial charge in [0.1, 0.15) is 17.9 Å². The van der Waals surface area contributed by atoms with Gasteiger partial charge >= 0.3 is 11.6 Å². The third kappa shape index (κ3) is 4.11. The van der Waals surface area contributed by atoms with E-state index in [0.717, 1.165) is 5.56 Å². The highest BCUT2D eigenvalue weighted by Gasteiger charge is 2.14. The van der Waals surface area contributed by atoms with Crippen LogP contribution in [-0.2, 0) is 16.1 Å². The first-order valence-corrected chi connectivity index (χ1v) is 8.38. The van der Waals surface area contributed by atoms with Crippen LogP contribution in [0.25, 0.3) is 11.0 Å². The van der Waals surface area contributed by atoms with Gasteiger partial charge in [0.25, 0.3) is 0 Å². The van der Waals surface area contributed by atoms with E-state index in [1.807, 2.05) is 37.3 Å². The van der Waals surface area contributed by atoms with Gasteiger partial charge in [0.2, 0.25) is 0 Å². The summed E-state index contributed by atoms with van der Waals surface area (Å²) in [6, 6.07) is 16.3. The van der Waals surface area contributed by atoms with Gasteiger partial charge in [-0.2, -0.15) is 0 Å². The Hall–Kier alpha value is -3.08. The van der Waals surface area contributed by atoms with Gasteiger partial charge in [-0.25, -0.2) is 4.79 Å². The van der Waals surface area contributed by atoms with E-state index in [4.69, 9.17) is 13.9 Å². The van der Waals surface area contributed by atoms with Crippen LogP contribution in [0.5, 0.6) is 5.75 Å². The van der Waals surface area contributed by atoms with E-state index in [1.165, 1.54) is 6.07 Å². The molecule has 1 atom stereocenters. The maximum atomic E-state index is 12.2. The Labute approximate surface area is 151 Å². The van der Waals surface area contributed by atoms with Gasteiger partial charge in [0.05, 0.1) is 13.5 Å². The molecule has 1 aromatic heterocycles. The highest BCUT2D eigenvalue weighted by atomic mass is 16.5. The third-order valence-corrected chi connectivity index (χ3v) is 4.27. The lowest BCUT2D eigenvalue weighted by molar-refractivity contribution is -0.145. The smallest absolute Gasteiger partial charge is 0.336 e. The molecule has 26 heavy (non-hydrogen) atoms. The van der Waals surface area contributed by atoms with Crippen molar-refractivity contribution in [2.45, 2.75) is 25.9 Å². The number of esters is 1. The molecule has 5 nitrogen and oxygen atoms in total. The SMILES string of the molecule is COc1ccc2c(COC(=O)C[C@@H](C)c3ccccc3)cc(=O)oc2c1. The minimum absolute atomic E-state index is 0.0226. The molecule has 2 aromatic carbocycles. The quantitative estimate of drug-likeness (QED) is 0.495. The van der Waals surface area contributed by atoms with Gasteiger partial charge in [0, 0.05) is 23.1 Å². The zero-order valence-corrected chi connectivity index (χ0v) is 14.7. The summed E-state index contributed by atoms with van der Waals surface area (Å²) in [5, 5.41) is 0.717. The molecule has 0 N–H and O–H groups in total. The Bertz CT molecular complexity index is 959. The Morgan fingerprint density at radius 3 is 2.62 bits per heavy atom. The molecule has 0 aliphatic carbocycles. The van der Waals surface area contributed by atoms with Crippen LogP contribution >= 0.6 is 0 Å². The van der Waals surface area contributed by atoms with Crippen LogP contribution in [0.1, 0.15) is 30.4 Å². The van der Waals surface area contributed by atoms with Crippen LogP contribution < -0.4 is 10.4 Å². The molecule has 3 rings (SSSR count). The normalized spacial score (nSPS) is 11.9. The highest BCUT2D eigenvalue weighted by molar-refractivity contribution is 5.81. The van der Waals surface area contributed by atoms with E-state index in [2.05, 4.69) is 0 Å². The molecule has 0 amide bonds. The van der Waals surface area contributed by atoms with E-state index in [0.29, 0.717) is 22.3 Å². The number of rotatable bonds is 6. The number of carbonyl (C=O) groups excluding carboxylic acids is 1. The zero-order valence-electron chi connectivity index (χ0n) is 14.7. The van der Waals surface area contributed by atoms with E-state index in [1.54, 1.807) is 25.3 Å². The number of ether oxygens (including phenoxy) is 2. The summed E-state index contributed by atoms with van der Waals surface area (Å²) >= 11 is 0. The third-order valence-electron chi connectivity index (χ3n) is 4.27. The summed E-state index contributed by atoms with van der Waals surface area (Å²) in [5.41, 5.74) is 1.61. The second-order valence-corrected chi connectivity index (χ2v) is 6.13. The topological polar surface area (TPSA) is 65.7 Å². The van der Waals surface area contributed by atoms with Crippen LogP contribution in [0.3, 0.4) is 0 Å². The molecule has 3 aromatic rings. The first-order chi connectivity index (χ1) is 12.6. The zero-order chi connectivity index (χ0) is 18.5. The van der Waals surface area contributed by atoms with Gasteiger partial charge < -0.3 is 13.9 Å². The molecule has 0 aliphatic rings. The number of hydrogen-bond acceptors (Lipinski definition) is 5. The first-order valence-electron chi connectivity index (χ1n) is 8.38. The van der Waals surface area contributed by atoms with E-state index in [-0.39, 0.29) is 24.9 Å². The predicted octanol–water partition coefficient (Wildman–Crippen LogP) is 4.04. The Balaban J connectivity index is 1.71. The molecular formula is C21H20O5. The molecule has 0 spiro atoms. The molecular weight excluding hydrogens is 332 g/mol. The fourth-order valence-electron chi connectivity index (χ4n) is 2.82. The number of carbonyl (C=O) groups is 1. The van der Waals surface area contributed by atoms with Crippen LogP contribution in [0.2, 0.25) is 0 Å². The summed E-state index contributed by atoms with van der Waals surface area (Å²) in [7, 11) is 1.54. The molecule has 1 heterocycles. The van der Waals surface area contributed by atoms with Crippen LogP contribution in [0.15, 0.2) is 63.8 Å². The van der Waals surface area contributed by atoms with Crippen molar-refractivity contribution >= 4 is 16.9 Å². The second-order valence-electron chi connectivity index (χ2n) is 6.13. The van der Waals surface area contributed by atoms with Crippen molar-refractivity contribution in [2.75, 3.05) is 7.11 Å². The lowest BCUT2D eigenvalue weighted by Gasteiger charge is -2.12. The van der Waals surface area contributed by atoms with E-state index in [9.17, 15) is 9.59 Å². The van der Waals surface area contributed by atoms with Crippen LogP contribution in [-0.4, -0.2) is 13.1 Å². The number of methoxy groups -OCH3 is 1. The Kier molecular flexibility index (Phi) is 5.37. The lowest BCUT2D eigenvalue weighted by atomic mass is 9.98. The predicted molar refractivity (Wildman–Crippen MR) is 98.3 cm³/mol. The molecule has 0 fully saturated rings. The molecule has 0 saturated heterocycles. The fourth-order valence-corrected chi connectivity index (χ4v) is 2.82. The Morgan fingerprint density at radius 1 is 1.12 bits per heavy atom. The molecule has 0 bridgehead atoms. The van der Waals surface area contributed by atoms with Crippen molar-refractivity contribution < 1.29 is 18.7 Å². The lowest BCUT2D eigenvalue weighted by Crippen LogP contribution is -2.10. The molecule has 0 aliphatic heterocycles. The summed E-state index contributed by atoms with van der Waals surface area (Å²) in [6.45, 7) is 2.00. The van der Waals surface area contributed by atoms with Crippen molar-refractivity contribution in [3.63, 3.8) is 0 Å². The maximum absolute atomic E-state index is 12.2. The standard InChI is InChI=1S/C21H20O5/c1-14(15-6-4-3-5-7-15)10-20(22)25-13-16-11-21(23)26-19-12-17(24-2)8-9-18(16)19/h3-9,11-12,14H,10,13H2,1-2H3/t14-/m1/s1. The fraction of sp³-hybridized carbons (Fsp3) is 0.238. The van der Waals surface area contributed by atoms with Crippen molar-refractivity contribution in [2.24, 2.45) is 0 Å². The average Bonchev–Trinajstić information content (AvgIpc) is 2.66. The molecule has 0 saturated carbocycles. The van der Waals surface area contributed by atoms with Gasteiger partial charge in [-0.1, -0.05) is 37.3 Å². The van der Waals surface area contributed by atoms with Gasteiger partial charge in [-0.3, -0.25) is 4.79 Å². The van der Waals surface area contributed by atoms with Crippen LogP contribution in [0.4, 0.5) is 0 Å². The first kappa shape index (κ1) is 17.7. The maximum Gasteiger partial charge on any atom is 0.336 e. The molecule has 0 radical (unpaired) electrons. The average molecular weight is 352 g/mol. The second kappa shape index (κ2) is 7.87. The summed E-state index contributed by atoms with van der Waals surface area (Å²) < 4.78 is 15.7. The summed E-state index contributed by atoms with van der Waals surface area (Å²) in [4.78, 5) is 23.9. The molecule has 5 heteroatoms. The number of benzene rings is 2. The van der Waals surface area contributed by atoms with Crippen LogP contribution in [0, 0.1) is 0 Å². The number of hydrogen-bond donors (Lipinski definition) is 0. The minimum Gasteiger partial charge on any atom is -0.497 e. The van der Waals surface area contributed by atoms with Gasteiger partial charge in [-0.15, -0.1) is 0 Å². The Morgan fingerprint density at radius 2 is 1.88 bits per heavy atom. The highest BCUT2D eigenvalue weighted by Crippen LogP contribution is 2.24. The van der Waals surface area contributed by atoms with Gasteiger partial charge in [0.15, 0.2) is 0 Å². The number of fused-ring (bicyclic) bond motifs is 1.